The zero-order valence-electron chi connectivity index (χ0n) is 12.9. The highest BCUT2D eigenvalue weighted by atomic mass is 16.3. The van der Waals surface area contributed by atoms with E-state index in [1.54, 1.807) is 0 Å². The van der Waals surface area contributed by atoms with Gasteiger partial charge in [0.25, 0.3) is 6.47 Å². The number of piperidine rings is 1. The van der Waals surface area contributed by atoms with Crippen LogP contribution >= 0.6 is 0 Å². The smallest absolute Gasteiger partial charge is 0.290 e. The second kappa shape index (κ2) is 10.7. The van der Waals surface area contributed by atoms with Crippen LogP contribution in [0.5, 0.6) is 0 Å². The molecule has 3 N–H and O–H groups in total. The van der Waals surface area contributed by atoms with Gasteiger partial charge >= 0.3 is 0 Å². The molecule has 124 valence electrons. The van der Waals surface area contributed by atoms with Gasteiger partial charge in [-0.2, -0.15) is 5.21 Å². The number of carbonyl (C=O) groups excluding carboxylic acids is 1. The fraction of sp³-hybridized carbons (Fsp3) is 0.769. The van der Waals surface area contributed by atoms with E-state index in [0.29, 0.717) is 12.4 Å². The third-order valence-electron chi connectivity index (χ3n) is 3.59. The molecule has 1 aromatic heterocycles. The molecule has 1 amide bonds. The van der Waals surface area contributed by atoms with Gasteiger partial charge in [-0.3, -0.25) is 9.59 Å². The Morgan fingerprint density at radius 1 is 1.59 bits per heavy atom. The largest absolute Gasteiger partial charge is 0.483 e. The van der Waals surface area contributed by atoms with Gasteiger partial charge in [-0.05, 0) is 32.4 Å². The number of amides is 1. The van der Waals surface area contributed by atoms with Crippen molar-refractivity contribution < 1.29 is 14.7 Å². The first-order valence-corrected chi connectivity index (χ1v) is 7.51. The molecule has 1 saturated heterocycles. The molecule has 1 aliphatic rings. The number of likely N-dealkylation sites (tertiary alicyclic amines) is 1. The van der Waals surface area contributed by atoms with Crippen LogP contribution in [0.25, 0.3) is 0 Å². The predicted octanol–water partition coefficient (Wildman–Crippen LogP) is -0.319. The van der Waals surface area contributed by atoms with Gasteiger partial charge in [0.05, 0.1) is 5.92 Å². The molecule has 9 nitrogen and oxygen atoms in total. The lowest BCUT2D eigenvalue weighted by molar-refractivity contribution is -0.126. The van der Waals surface area contributed by atoms with Crippen LogP contribution in [0.3, 0.4) is 0 Å². The summed E-state index contributed by atoms with van der Waals surface area (Å²) in [7, 11) is 0. The quantitative estimate of drug-likeness (QED) is 0.486. The number of carboxylic acid groups (broad SMARTS) is 1. The molecule has 0 radical (unpaired) electrons. The number of aromatic amines is 1. The number of aromatic nitrogens is 4. The number of nitrogens with one attached hydrogen (secondary N) is 2. The Morgan fingerprint density at radius 3 is 3.00 bits per heavy atom. The number of aryl methyl sites for hydroxylation is 1. The molecular formula is C13H24N6O3. The Hall–Kier alpha value is -2.03. The van der Waals surface area contributed by atoms with Crippen LogP contribution in [0.4, 0.5) is 0 Å². The van der Waals surface area contributed by atoms with Crippen LogP contribution in [-0.2, 0) is 16.0 Å². The zero-order chi connectivity index (χ0) is 16.2. The van der Waals surface area contributed by atoms with Crippen molar-refractivity contribution in [1.82, 2.24) is 30.8 Å². The van der Waals surface area contributed by atoms with Gasteiger partial charge in [0.2, 0.25) is 5.91 Å². The minimum absolute atomic E-state index is 0.152. The molecular weight excluding hydrogens is 288 g/mol. The molecule has 2 heterocycles. The fourth-order valence-electron chi connectivity index (χ4n) is 2.45. The summed E-state index contributed by atoms with van der Waals surface area (Å²) in [5.74, 6) is 1.04. The van der Waals surface area contributed by atoms with Crippen LogP contribution in [0, 0.1) is 5.92 Å². The number of hydrogen-bond donors (Lipinski definition) is 3. The molecule has 0 aliphatic carbocycles. The van der Waals surface area contributed by atoms with Gasteiger partial charge in [0.15, 0.2) is 5.82 Å². The van der Waals surface area contributed by atoms with Crippen molar-refractivity contribution in [2.24, 2.45) is 5.92 Å². The van der Waals surface area contributed by atoms with Crippen LogP contribution in [-0.4, -0.2) is 69.2 Å². The van der Waals surface area contributed by atoms with E-state index in [-0.39, 0.29) is 18.3 Å². The molecule has 0 bridgehead atoms. The Morgan fingerprint density at radius 2 is 2.36 bits per heavy atom. The molecule has 9 heteroatoms. The van der Waals surface area contributed by atoms with E-state index in [2.05, 4.69) is 37.8 Å². The van der Waals surface area contributed by atoms with Gasteiger partial charge in [-0.15, -0.1) is 10.2 Å². The zero-order valence-corrected chi connectivity index (χ0v) is 12.9. The Bertz CT molecular complexity index is 425. The number of carbonyl (C=O) groups is 2. The summed E-state index contributed by atoms with van der Waals surface area (Å²) in [4.78, 5) is 22.7. The summed E-state index contributed by atoms with van der Waals surface area (Å²) in [6, 6.07) is 0. The SMILES string of the molecule is CCN1CCCC(C(=O)NCCCc2nn[nH]n2)C1.O=CO. The third-order valence-corrected chi connectivity index (χ3v) is 3.59. The van der Waals surface area contributed by atoms with Crippen molar-refractivity contribution in [3.05, 3.63) is 5.82 Å². The monoisotopic (exact) mass is 312 g/mol. The standard InChI is InChI=1S/C12H22N6O.CH2O2/c1-2-18-8-4-5-10(9-18)12(19)13-7-3-6-11-14-16-17-15-11;2-1-3/h10H,2-9H2,1H3,(H,13,19)(H,14,15,16,17);1H,(H,2,3). The predicted molar refractivity (Wildman–Crippen MR) is 79.0 cm³/mol. The molecule has 0 aromatic carbocycles. The summed E-state index contributed by atoms with van der Waals surface area (Å²) in [6.07, 6.45) is 3.71. The van der Waals surface area contributed by atoms with E-state index in [4.69, 9.17) is 9.90 Å². The van der Waals surface area contributed by atoms with Crippen molar-refractivity contribution in [3.8, 4) is 0 Å². The minimum Gasteiger partial charge on any atom is -0.483 e. The molecule has 1 unspecified atom stereocenters. The molecule has 2 rings (SSSR count). The van der Waals surface area contributed by atoms with Crippen LogP contribution < -0.4 is 5.32 Å². The molecule has 1 fully saturated rings. The lowest BCUT2D eigenvalue weighted by Crippen LogP contribution is -2.43. The Labute approximate surface area is 129 Å². The summed E-state index contributed by atoms with van der Waals surface area (Å²) < 4.78 is 0. The van der Waals surface area contributed by atoms with Crippen LogP contribution in [0.2, 0.25) is 0 Å². The average Bonchev–Trinajstić information content (AvgIpc) is 3.05. The van der Waals surface area contributed by atoms with Gasteiger partial charge < -0.3 is 15.3 Å². The first-order chi connectivity index (χ1) is 10.7. The van der Waals surface area contributed by atoms with E-state index in [1.165, 1.54) is 0 Å². The first kappa shape index (κ1) is 18.0. The number of tetrazole rings is 1. The molecule has 1 aliphatic heterocycles. The van der Waals surface area contributed by atoms with Crippen molar-refractivity contribution in [1.29, 1.82) is 0 Å². The van der Waals surface area contributed by atoms with E-state index in [9.17, 15) is 4.79 Å². The number of H-pyrrole nitrogens is 1. The van der Waals surface area contributed by atoms with Crippen molar-refractivity contribution in [2.45, 2.75) is 32.6 Å². The second-order valence-corrected chi connectivity index (χ2v) is 5.06. The minimum atomic E-state index is -0.250. The number of rotatable bonds is 6. The van der Waals surface area contributed by atoms with Crippen molar-refractivity contribution in [2.75, 3.05) is 26.2 Å². The van der Waals surface area contributed by atoms with Crippen LogP contribution in [0.15, 0.2) is 0 Å². The fourth-order valence-corrected chi connectivity index (χ4v) is 2.45. The first-order valence-electron chi connectivity index (χ1n) is 7.51. The van der Waals surface area contributed by atoms with Gasteiger partial charge in [0, 0.05) is 19.5 Å². The van der Waals surface area contributed by atoms with E-state index < -0.39 is 0 Å². The van der Waals surface area contributed by atoms with Gasteiger partial charge in [-0.25, -0.2) is 0 Å². The highest BCUT2D eigenvalue weighted by Gasteiger charge is 2.24. The topological polar surface area (TPSA) is 124 Å². The summed E-state index contributed by atoms with van der Waals surface area (Å²) in [6.45, 7) is 5.62. The summed E-state index contributed by atoms with van der Waals surface area (Å²) in [5.41, 5.74) is 0. The number of nitrogens with zero attached hydrogens (tertiary/aromatic N) is 4. The maximum Gasteiger partial charge on any atom is 0.290 e. The average molecular weight is 312 g/mol. The summed E-state index contributed by atoms with van der Waals surface area (Å²) >= 11 is 0. The molecule has 1 atom stereocenters. The molecule has 0 spiro atoms. The van der Waals surface area contributed by atoms with Gasteiger partial charge in [0.1, 0.15) is 0 Å². The normalized spacial score (nSPS) is 18.1. The van der Waals surface area contributed by atoms with E-state index >= 15 is 0 Å². The maximum absolute atomic E-state index is 12.0. The van der Waals surface area contributed by atoms with Crippen molar-refractivity contribution in [3.63, 3.8) is 0 Å². The Kier molecular flexibility index (Phi) is 8.73. The maximum atomic E-state index is 12.0. The summed E-state index contributed by atoms with van der Waals surface area (Å²) in [5, 5.41) is 23.6. The second-order valence-electron chi connectivity index (χ2n) is 5.06. The number of hydrogen-bond acceptors (Lipinski definition) is 6. The van der Waals surface area contributed by atoms with E-state index in [1.807, 2.05) is 0 Å². The van der Waals surface area contributed by atoms with Crippen LogP contribution in [0.1, 0.15) is 32.0 Å². The van der Waals surface area contributed by atoms with Gasteiger partial charge in [-0.1, -0.05) is 12.1 Å². The highest BCUT2D eigenvalue weighted by molar-refractivity contribution is 5.78. The lowest BCUT2D eigenvalue weighted by atomic mass is 9.97. The van der Waals surface area contributed by atoms with Crippen molar-refractivity contribution >= 4 is 12.4 Å². The third kappa shape index (κ3) is 6.61. The highest BCUT2D eigenvalue weighted by Crippen LogP contribution is 2.16. The molecule has 22 heavy (non-hydrogen) atoms. The Balaban J connectivity index is 0.000000745. The van der Waals surface area contributed by atoms with E-state index in [0.717, 1.165) is 45.3 Å². The molecule has 1 aromatic rings. The molecule has 0 saturated carbocycles. The lowest BCUT2D eigenvalue weighted by Gasteiger charge is -2.30.